The summed E-state index contributed by atoms with van der Waals surface area (Å²) in [7, 11) is 0. The van der Waals surface area contributed by atoms with Crippen LogP contribution >= 0.6 is 23.2 Å². The number of halogens is 2. The van der Waals surface area contributed by atoms with Gasteiger partial charge >= 0.3 is 0 Å². The van der Waals surface area contributed by atoms with Crippen molar-refractivity contribution in [1.82, 2.24) is 20.0 Å². The Balaban J connectivity index is 1.27. The number of nitrogens with one attached hydrogen (secondary N) is 1. The van der Waals surface area contributed by atoms with Crippen LogP contribution in [-0.2, 0) is 19.6 Å². The number of amides is 2. The van der Waals surface area contributed by atoms with E-state index in [1.807, 2.05) is 12.1 Å². The van der Waals surface area contributed by atoms with E-state index in [4.69, 9.17) is 32.7 Å². The summed E-state index contributed by atoms with van der Waals surface area (Å²) in [5.74, 6) is 0.745. The number of ether oxygens (including phenoxy) is 2. The van der Waals surface area contributed by atoms with Crippen molar-refractivity contribution < 1.29 is 19.1 Å². The zero-order valence-corrected chi connectivity index (χ0v) is 18.3. The van der Waals surface area contributed by atoms with E-state index >= 15 is 0 Å². The van der Waals surface area contributed by atoms with E-state index in [0.29, 0.717) is 52.4 Å². The van der Waals surface area contributed by atoms with Crippen molar-refractivity contribution in [3.05, 3.63) is 75.0 Å². The minimum atomic E-state index is -0.363. The lowest BCUT2D eigenvalue weighted by Crippen LogP contribution is -2.39. The second-order valence-corrected chi connectivity index (χ2v) is 8.25. The van der Waals surface area contributed by atoms with Crippen molar-refractivity contribution >= 4 is 35.0 Å². The Labute approximate surface area is 193 Å². The lowest BCUT2D eigenvalue weighted by atomic mass is 10.1. The summed E-state index contributed by atoms with van der Waals surface area (Å²) < 4.78 is 12.2. The molecular weight excluding hydrogens is 455 g/mol. The number of hydrogen-bond donors (Lipinski definition) is 1. The van der Waals surface area contributed by atoms with E-state index in [2.05, 4.69) is 10.4 Å². The van der Waals surface area contributed by atoms with Gasteiger partial charge in [0.25, 0.3) is 11.8 Å². The zero-order valence-electron chi connectivity index (χ0n) is 16.8. The maximum absolute atomic E-state index is 13.0. The van der Waals surface area contributed by atoms with Gasteiger partial charge in [-0.05, 0) is 29.8 Å². The summed E-state index contributed by atoms with van der Waals surface area (Å²) in [6.07, 6.45) is 0. The number of carbonyl (C=O) groups is 2. The van der Waals surface area contributed by atoms with Gasteiger partial charge in [-0.1, -0.05) is 35.3 Å². The molecule has 10 heteroatoms. The average molecular weight is 473 g/mol. The van der Waals surface area contributed by atoms with E-state index in [1.165, 1.54) is 6.07 Å². The van der Waals surface area contributed by atoms with Crippen LogP contribution in [0, 0.1) is 0 Å². The Morgan fingerprint density at radius 3 is 2.66 bits per heavy atom. The lowest BCUT2D eigenvalue weighted by Gasteiger charge is -2.28. The summed E-state index contributed by atoms with van der Waals surface area (Å²) in [6.45, 7) is 1.68. The Morgan fingerprint density at radius 1 is 1.06 bits per heavy atom. The van der Waals surface area contributed by atoms with Crippen molar-refractivity contribution in [3.63, 3.8) is 0 Å². The van der Waals surface area contributed by atoms with Gasteiger partial charge in [-0.3, -0.25) is 14.3 Å². The van der Waals surface area contributed by atoms with Crippen LogP contribution in [0.1, 0.15) is 32.1 Å². The standard InChI is InChI=1S/C22H18Cl2N4O4/c23-15-2-1-3-16(24)14(15)11-27-6-7-28-18(22(27)30)9-17(26-28)21(29)25-10-13-4-5-19-20(8-13)32-12-31-19/h1-5,8-9H,6-7,10-12H2,(H,25,29). The molecule has 1 aromatic heterocycles. The lowest BCUT2D eigenvalue weighted by molar-refractivity contribution is 0.0683. The molecule has 2 amide bonds. The third kappa shape index (κ3) is 3.87. The van der Waals surface area contributed by atoms with Crippen LogP contribution in [0.2, 0.25) is 10.0 Å². The first-order chi connectivity index (χ1) is 15.5. The third-order valence-electron chi connectivity index (χ3n) is 5.40. The molecule has 5 rings (SSSR count). The van der Waals surface area contributed by atoms with E-state index in [9.17, 15) is 9.59 Å². The van der Waals surface area contributed by atoms with Crippen molar-refractivity contribution in [2.75, 3.05) is 13.3 Å². The van der Waals surface area contributed by atoms with Gasteiger partial charge in [0.1, 0.15) is 5.69 Å². The summed E-state index contributed by atoms with van der Waals surface area (Å²) >= 11 is 12.5. The molecule has 3 aromatic rings. The van der Waals surface area contributed by atoms with Crippen LogP contribution in [0.15, 0.2) is 42.5 Å². The third-order valence-corrected chi connectivity index (χ3v) is 6.11. The van der Waals surface area contributed by atoms with Gasteiger partial charge in [-0.25, -0.2) is 0 Å². The highest BCUT2D eigenvalue weighted by atomic mass is 35.5. The van der Waals surface area contributed by atoms with Crippen molar-refractivity contribution in [1.29, 1.82) is 0 Å². The predicted molar refractivity (Wildman–Crippen MR) is 117 cm³/mol. The normalized spacial score (nSPS) is 14.4. The molecule has 0 saturated carbocycles. The van der Waals surface area contributed by atoms with Gasteiger partial charge < -0.3 is 19.7 Å². The highest BCUT2D eigenvalue weighted by molar-refractivity contribution is 6.36. The first-order valence-corrected chi connectivity index (χ1v) is 10.7. The molecule has 164 valence electrons. The molecule has 2 aliphatic heterocycles. The number of hydrogen-bond acceptors (Lipinski definition) is 5. The highest BCUT2D eigenvalue weighted by Crippen LogP contribution is 2.32. The SMILES string of the molecule is O=C(NCc1ccc2c(c1)OCO2)c1cc2n(n1)CCN(Cc1c(Cl)cccc1Cl)C2=O. The molecule has 0 saturated heterocycles. The first-order valence-electron chi connectivity index (χ1n) is 9.96. The van der Waals surface area contributed by atoms with Crippen LogP contribution in [0.4, 0.5) is 0 Å². The molecule has 0 aliphatic carbocycles. The van der Waals surface area contributed by atoms with Crippen LogP contribution in [0.25, 0.3) is 0 Å². The average Bonchev–Trinajstić information content (AvgIpc) is 3.43. The van der Waals surface area contributed by atoms with Crippen LogP contribution in [-0.4, -0.2) is 39.8 Å². The van der Waals surface area contributed by atoms with Gasteiger partial charge in [-0.15, -0.1) is 0 Å². The Bertz CT molecular complexity index is 1210. The molecule has 1 N–H and O–H groups in total. The van der Waals surface area contributed by atoms with Gasteiger partial charge in [0.15, 0.2) is 17.2 Å². The summed E-state index contributed by atoms with van der Waals surface area (Å²) in [6, 6.07) is 12.2. The van der Waals surface area contributed by atoms with Gasteiger partial charge in [-0.2, -0.15) is 5.10 Å². The summed E-state index contributed by atoms with van der Waals surface area (Å²) in [4.78, 5) is 27.3. The molecule has 2 aliphatic rings. The monoisotopic (exact) mass is 472 g/mol. The maximum Gasteiger partial charge on any atom is 0.272 e. The molecule has 8 nitrogen and oxygen atoms in total. The van der Waals surface area contributed by atoms with E-state index in [1.54, 1.807) is 33.8 Å². The molecule has 3 heterocycles. The first kappa shape index (κ1) is 20.7. The molecule has 0 bridgehead atoms. The quantitative estimate of drug-likeness (QED) is 0.613. The van der Waals surface area contributed by atoms with Gasteiger partial charge in [0.05, 0.1) is 6.54 Å². The van der Waals surface area contributed by atoms with Crippen LogP contribution in [0.3, 0.4) is 0 Å². The molecule has 0 spiro atoms. The molecule has 0 atom stereocenters. The minimum absolute atomic E-state index is 0.187. The Hall–Kier alpha value is -3.23. The molecule has 2 aromatic carbocycles. The fraction of sp³-hybridized carbons (Fsp3) is 0.227. The predicted octanol–water partition coefficient (Wildman–Crippen LogP) is 3.50. The summed E-state index contributed by atoms with van der Waals surface area (Å²) in [5.41, 5.74) is 2.10. The van der Waals surface area contributed by atoms with Crippen molar-refractivity contribution in [2.45, 2.75) is 19.6 Å². The second kappa shape index (κ2) is 8.37. The van der Waals surface area contributed by atoms with E-state index < -0.39 is 0 Å². The van der Waals surface area contributed by atoms with Crippen molar-refractivity contribution in [3.8, 4) is 11.5 Å². The summed E-state index contributed by atoms with van der Waals surface area (Å²) in [5, 5.41) is 8.15. The molecule has 0 unspecified atom stereocenters. The second-order valence-electron chi connectivity index (χ2n) is 7.44. The largest absolute Gasteiger partial charge is 0.454 e. The van der Waals surface area contributed by atoms with Crippen LogP contribution in [0.5, 0.6) is 11.5 Å². The van der Waals surface area contributed by atoms with Gasteiger partial charge in [0.2, 0.25) is 6.79 Å². The molecule has 32 heavy (non-hydrogen) atoms. The fourth-order valence-corrected chi connectivity index (χ4v) is 4.22. The minimum Gasteiger partial charge on any atom is -0.454 e. The zero-order chi connectivity index (χ0) is 22.2. The molecule has 0 fully saturated rings. The maximum atomic E-state index is 13.0. The number of benzene rings is 2. The molecular formula is C22H18Cl2N4O4. The van der Waals surface area contributed by atoms with E-state index in [-0.39, 0.29) is 30.8 Å². The fourth-order valence-electron chi connectivity index (χ4n) is 3.70. The Kier molecular flexibility index (Phi) is 5.40. The number of aromatic nitrogens is 2. The van der Waals surface area contributed by atoms with Crippen LogP contribution < -0.4 is 14.8 Å². The topological polar surface area (TPSA) is 85.7 Å². The number of carbonyl (C=O) groups excluding carboxylic acids is 2. The van der Waals surface area contributed by atoms with Gasteiger partial charge in [0, 0.05) is 41.3 Å². The highest BCUT2D eigenvalue weighted by Gasteiger charge is 2.28. The number of fused-ring (bicyclic) bond motifs is 2. The number of nitrogens with zero attached hydrogens (tertiary/aromatic N) is 3. The van der Waals surface area contributed by atoms with Crippen molar-refractivity contribution in [2.24, 2.45) is 0 Å². The molecule has 0 radical (unpaired) electrons. The number of rotatable bonds is 5. The Morgan fingerprint density at radius 2 is 1.84 bits per heavy atom. The smallest absolute Gasteiger partial charge is 0.272 e. The van der Waals surface area contributed by atoms with E-state index in [0.717, 1.165) is 5.56 Å².